The van der Waals surface area contributed by atoms with Crippen molar-refractivity contribution in [2.45, 2.75) is 18.2 Å². The highest BCUT2D eigenvalue weighted by Crippen LogP contribution is 2.15. The molecule has 0 aliphatic carbocycles. The normalized spacial score (nSPS) is 15.7. The molecule has 150 valence electrons. The van der Waals surface area contributed by atoms with Crippen LogP contribution in [0.1, 0.15) is 23.7 Å². The Morgan fingerprint density at radius 3 is 2.41 bits per heavy atom. The van der Waals surface area contributed by atoms with Crippen molar-refractivity contribution in [3.8, 4) is 0 Å². The lowest BCUT2D eigenvalue weighted by Gasteiger charge is -2.26. The number of ketones is 1. The van der Waals surface area contributed by atoms with Crippen molar-refractivity contribution in [3.63, 3.8) is 0 Å². The van der Waals surface area contributed by atoms with Gasteiger partial charge in [-0.25, -0.2) is 8.42 Å². The van der Waals surface area contributed by atoms with Crippen LogP contribution in [0.25, 0.3) is 0 Å². The first-order valence-electron chi connectivity index (χ1n) is 8.95. The Balaban J connectivity index is 1.79. The molecule has 1 aromatic carbocycles. The molecule has 0 radical (unpaired) electrons. The molecule has 1 heterocycles. The third-order valence-corrected chi connectivity index (χ3v) is 6.23. The Morgan fingerprint density at radius 1 is 1.19 bits per heavy atom. The van der Waals surface area contributed by atoms with Gasteiger partial charge < -0.3 is 10.1 Å². The number of rotatable bonds is 9. The number of carbonyl (C=O) groups excluding carboxylic acids is 2. The maximum atomic E-state index is 12.5. The lowest BCUT2D eigenvalue weighted by Crippen LogP contribution is -2.40. The number of hydrogen-bond acceptors (Lipinski definition) is 6. The van der Waals surface area contributed by atoms with Crippen LogP contribution >= 0.6 is 0 Å². The topological polar surface area (TPSA) is 96.0 Å². The Hall–Kier alpha value is -1.81. The van der Waals surface area contributed by atoms with Crippen LogP contribution in [0.4, 0.5) is 0 Å². The second kappa shape index (κ2) is 9.93. The highest BCUT2D eigenvalue weighted by atomic mass is 32.2. The summed E-state index contributed by atoms with van der Waals surface area (Å²) in [6, 6.07) is 5.69. The van der Waals surface area contributed by atoms with E-state index in [1.807, 2.05) is 0 Å². The average molecular weight is 397 g/mol. The second-order valence-corrected chi connectivity index (χ2v) is 8.54. The predicted molar refractivity (Wildman–Crippen MR) is 101 cm³/mol. The number of benzene rings is 1. The van der Waals surface area contributed by atoms with Gasteiger partial charge in [0.25, 0.3) is 0 Å². The van der Waals surface area contributed by atoms with E-state index in [2.05, 4.69) is 10.2 Å². The molecule has 0 atom stereocenters. The first-order valence-corrected chi connectivity index (χ1v) is 10.4. The standard InChI is InChI=1S/C18H27N3O5S/c1-15(22)16-4-6-17(7-5-16)27(24,25)20(2)14-18(23)19-8-3-9-21-10-12-26-13-11-21/h4-7H,3,8-14H2,1-2H3,(H,19,23). The zero-order chi connectivity index (χ0) is 19.9. The number of carbonyl (C=O) groups is 2. The summed E-state index contributed by atoms with van der Waals surface area (Å²) < 4.78 is 31.3. The first kappa shape index (κ1) is 21.5. The van der Waals surface area contributed by atoms with E-state index in [-0.39, 0.29) is 23.1 Å². The molecular formula is C18H27N3O5S. The molecule has 0 spiro atoms. The van der Waals surface area contributed by atoms with Gasteiger partial charge in [-0.15, -0.1) is 0 Å². The number of morpholine rings is 1. The van der Waals surface area contributed by atoms with Gasteiger partial charge in [0.1, 0.15) is 0 Å². The minimum Gasteiger partial charge on any atom is -0.379 e. The molecule has 1 amide bonds. The van der Waals surface area contributed by atoms with Gasteiger partial charge in [-0.3, -0.25) is 14.5 Å². The number of amides is 1. The summed E-state index contributed by atoms with van der Waals surface area (Å²) in [6.07, 6.45) is 0.800. The SMILES string of the molecule is CC(=O)c1ccc(S(=O)(=O)N(C)CC(=O)NCCCN2CCOCC2)cc1. The van der Waals surface area contributed by atoms with Crippen molar-refractivity contribution in [1.82, 2.24) is 14.5 Å². The molecule has 9 heteroatoms. The van der Waals surface area contributed by atoms with Crippen molar-refractivity contribution in [2.75, 3.05) is 53.0 Å². The molecule has 0 unspecified atom stereocenters. The summed E-state index contributed by atoms with van der Waals surface area (Å²) >= 11 is 0. The summed E-state index contributed by atoms with van der Waals surface area (Å²) in [4.78, 5) is 25.6. The fraction of sp³-hybridized carbons (Fsp3) is 0.556. The Bertz CT molecular complexity index is 743. The van der Waals surface area contributed by atoms with Crippen molar-refractivity contribution in [2.24, 2.45) is 0 Å². The van der Waals surface area contributed by atoms with E-state index in [4.69, 9.17) is 4.74 Å². The number of Topliss-reactive ketones (excluding diaryl/α,β-unsaturated/α-hetero) is 1. The van der Waals surface area contributed by atoms with Gasteiger partial charge in [0.2, 0.25) is 15.9 Å². The van der Waals surface area contributed by atoms with E-state index in [0.29, 0.717) is 12.1 Å². The molecule has 1 fully saturated rings. The minimum absolute atomic E-state index is 0.0510. The summed E-state index contributed by atoms with van der Waals surface area (Å²) in [5, 5.41) is 2.75. The zero-order valence-corrected chi connectivity index (χ0v) is 16.6. The van der Waals surface area contributed by atoms with Crippen molar-refractivity contribution in [3.05, 3.63) is 29.8 Å². The number of ether oxygens (including phenoxy) is 1. The van der Waals surface area contributed by atoms with E-state index in [9.17, 15) is 18.0 Å². The fourth-order valence-electron chi connectivity index (χ4n) is 2.74. The van der Waals surface area contributed by atoms with Crippen LogP contribution in [0.2, 0.25) is 0 Å². The van der Waals surface area contributed by atoms with E-state index in [1.54, 1.807) is 0 Å². The third kappa shape index (κ3) is 6.39. The van der Waals surface area contributed by atoms with Crippen LogP contribution in [-0.4, -0.2) is 82.3 Å². The average Bonchev–Trinajstić information content (AvgIpc) is 2.66. The maximum absolute atomic E-state index is 12.5. The number of likely N-dealkylation sites (N-methyl/N-ethyl adjacent to an activating group) is 1. The van der Waals surface area contributed by atoms with Crippen LogP contribution in [0.15, 0.2) is 29.2 Å². The summed E-state index contributed by atoms with van der Waals surface area (Å²) in [5.74, 6) is -0.479. The molecule has 1 aliphatic rings. The Kier molecular flexibility index (Phi) is 7.91. The van der Waals surface area contributed by atoms with Gasteiger partial charge in [0.15, 0.2) is 5.78 Å². The van der Waals surface area contributed by atoms with Gasteiger partial charge in [-0.2, -0.15) is 4.31 Å². The summed E-state index contributed by atoms with van der Waals surface area (Å²) in [7, 11) is -2.42. The van der Waals surface area contributed by atoms with Gasteiger partial charge in [-0.05, 0) is 32.0 Å². The first-order chi connectivity index (χ1) is 12.8. The maximum Gasteiger partial charge on any atom is 0.243 e. The molecule has 2 rings (SSSR count). The fourth-order valence-corrected chi connectivity index (χ4v) is 3.87. The Morgan fingerprint density at radius 2 is 1.81 bits per heavy atom. The summed E-state index contributed by atoms with van der Waals surface area (Å²) in [5.41, 5.74) is 0.439. The van der Waals surface area contributed by atoms with Gasteiger partial charge in [0, 0.05) is 32.2 Å². The molecular weight excluding hydrogens is 370 g/mol. The largest absolute Gasteiger partial charge is 0.379 e. The predicted octanol–water partition coefficient (Wildman–Crippen LogP) is 0.348. The molecule has 1 saturated heterocycles. The van der Waals surface area contributed by atoms with Gasteiger partial charge in [0.05, 0.1) is 24.7 Å². The van der Waals surface area contributed by atoms with Crippen LogP contribution < -0.4 is 5.32 Å². The molecule has 1 aliphatic heterocycles. The molecule has 0 saturated carbocycles. The molecule has 0 aromatic heterocycles. The van der Waals surface area contributed by atoms with Crippen LogP contribution in [0, 0.1) is 0 Å². The number of nitrogens with one attached hydrogen (secondary N) is 1. The lowest BCUT2D eigenvalue weighted by molar-refractivity contribution is -0.121. The quantitative estimate of drug-likeness (QED) is 0.477. The van der Waals surface area contributed by atoms with Crippen molar-refractivity contribution < 1.29 is 22.7 Å². The molecule has 1 aromatic rings. The number of nitrogens with zero attached hydrogens (tertiary/aromatic N) is 2. The monoisotopic (exact) mass is 397 g/mol. The van der Waals surface area contributed by atoms with Gasteiger partial charge in [-0.1, -0.05) is 12.1 Å². The smallest absolute Gasteiger partial charge is 0.243 e. The summed E-state index contributed by atoms with van der Waals surface area (Å²) in [6.45, 7) is 5.81. The molecule has 27 heavy (non-hydrogen) atoms. The zero-order valence-electron chi connectivity index (χ0n) is 15.8. The molecule has 0 bridgehead atoms. The lowest BCUT2D eigenvalue weighted by atomic mass is 10.2. The van der Waals surface area contributed by atoms with Crippen molar-refractivity contribution in [1.29, 1.82) is 0 Å². The van der Waals surface area contributed by atoms with E-state index >= 15 is 0 Å². The third-order valence-electron chi connectivity index (χ3n) is 4.41. The van der Waals surface area contributed by atoms with Crippen LogP contribution in [-0.2, 0) is 19.6 Å². The number of sulfonamides is 1. The van der Waals surface area contributed by atoms with Crippen LogP contribution in [0.5, 0.6) is 0 Å². The van der Waals surface area contributed by atoms with E-state index in [1.165, 1.54) is 38.2 Å². The molecule has 8 nitrogen and oxygen atoms in total. The highest BCUT2D eigenvalue weighted by Gasteiger charge is 2.23. The van der Waals surface area contributed by atoms with E-state index < -0.39 is 10.0 Å². The Labute approximate surface area is 160 Å². The minimum atomic E-state index is -3.79. The van der Waals surface area contributed by atoms with Crippen LogP contribution in [0.3, 0.4) is 0 Å². The van der Waals surface area contributed by atoms with E-state index in [0.717, 1.165) is 43.6 Å². The highest BCUT2D eigenvalue weighted by molar-refractivity contribution is 7.89. The van der Waals surface area contributed by atoms with Crippen molar-refractivity contribution >= 4 is 21.7 Å². The molecule has 1 N–H and O–H groups in total. The second-order valence-electron chi connectivity index (χ2n) is 6.50. The van der Waals surface area contributed by atoms with Gasteiger partial charge >= 0.3 is 0 Å². The number of hydrogen-bond donors (Lipinski definition) is 1.